The van der Waals surface area contributed by atoms with Crippen LogP contribution in [0.1, 0.15) is 6.42 Å². The number of ether oxygens (including phenoxy) is 4. The highest BCUT2D eigenvalue weighted by Crippen LogP contribution is 2.28. The Bertz CT molecular complexity index is 2640. The Morgan fingerprint density at radius 2 is 0.569 bits per heavy atom. The minimum Gasteiger partial charge on any atom is -0.508 e. The second kappa shape index (κ2) is 18.3. The molecule has 0 atom stereocenters. The molecule has 0 bridgehead atoms. The van der Waals surface area contributed by atoms with E-state index in [1.165, 1.54) is 97.1 Å². The maximum Gasteiger partial charge on any atom is 0.206 e. The number of aromatic hydroxyl groups is 2. The first-order chi connectivity index (χ1) is 27.8. The van der Waals surface area contributed by atoms with Gasteiger partial charge in [-0.2, -0.15) is 0 Å². The average molecular weight is 843 g/mol. The largest absolute Gasteiger partial charge is 0.508 e. The highest BCUT2D eigenvalue weighted by atomic mass is 32.2. The Labute approximate surface area is 337 Å². The minimum atomic E-state index is -3.80. The van der Waals surface area contributed by atoms with Crippen LogP contribution >= 0.6 is 0 Å². The van der Waals surface area contributed by atoms with Gasteiger partial charge < -0.3 is 29.2 Å². The lowest BCUT2D eigenvalue weighted by atomic mass is 10.3. The van der Waals surface area contributed by atoms with E-state index in [0.29, 0.717) is 42.6 Å². The third kappa shape index (κ3) is 10.4. The number of sulfone groups is 3. The molecule has 12 nitrogen and oxygen atoms in total. The molecule has 0 aliphatic rings. The average Bonchev–Trinajstić information content (AvgIpc) is 3.23. The van der Waals surface area contributed by atoms with E-state index in [2.05, 4.69) is 0 Å². The van der Waals surface area contributed by atoms with Gasteiger partial charge in [0.25, 0.3) is 0 Å². The quantitative estimate of drug-likeness (QED) is 0.0646. The van der Waals surface area contributed by atoms with Crippen molar-refractivity contribution in [3.63, 3.8) is 0 Å². The van der Waals surface area contributed by atoms with Crippen molar-refractivity contribution in [3.05, 3.63) is 158 Å². The van der Waals surface area contributed by atoms with Crippen LogP contribution in [0.15, 0.2) is 187 Å². The molecular weight excluding hydrogens is 805 g/mol. The zero-order chi connectivity index (χ0) is 41.2. The Morgan fingerprint density at radius 3 is 0.828 bits per heavy atom. The van der Waals surface area contributed by atoms with Gasteiger partial charge in [-0.05, 0) is 158 Å². The van der Waals surface area contributed by atoms with E-state index < -0.39 is 29.5 Å². The fourth-order valence-corrected chi connectivity index (χ4v) is 9.17. The number of hydrogen-bond donors (Lipinski definition) is 2. The topological polar surface area (TPSA) is 180 Å². The summed E-state index contributed by atoms with van der Waals surface area (Å²) < 4.78 is 100. The molecular formula is C43H38O12S3. The van der Waals surface area contributed by atoms with Crippen molar-refractivity contribution < 1.29 is 54.4 Å². The van der Waals surface area contributed by atoms with Gasteiger partial charge in [0.1, 0.15) is 47.7 Å². The Kier molecular flexibility index (Phi) is 13.1. The zero-order valence-corrected chi connectivity index (χ0v) is 33.2. The number of hydrogen-bond acceptors (Lipinski definition) is 12. The maximum absolute atomic E-state index is 13.2. The van der Waals surface area contributed by atoms with Crippen molar-refractivity contribution >= 4 is 29.5 Å². The molecule has 0 spiro atoms. The van der Waals surface area contributed by atoms with Gasteiger partial charge in [0, 0.05) is 6.42 Å². The van der Waals surface area contributed by atoms with Gasteiger partial charge in [-0.15, -0.1) is 0 Å². The summed E-state index contributed by atoms with van der Waals surface area (Å²) in [5.41, 5.74) is 0. The number of benzene rings is 6. The van der Waals surface area contributed by atoms with E-state index >= 15 is 0 Å². The van der Waals surface area contributed by atoms with Crippen molar-refractivity contribution in [3.8, 4) is 34.5 Å². The number of rotatable bonds is 18. The van der Waals surface area contributed by atoms with Gasteiger partial charge in [-0.3, -0.25) is 0 Å². The lowest BCUT2D eigenvalue weighted by Crippen LogP contribution is -2.06. The van der Waals surface area contributed by atoms with Gasteiger partial charge in [-0.25, -0.2) is 25.3 Å². The molecule has 300 valence electrons. The van der Waals surface area contributed by atoms with Crippen molar-refractivity contribution in [2.24, 2.45) is 0 Å². The molecule has 0 unspecified atom stereocenters. The molecule has 0 fully saturated rings. The van der Waals surface area contributed by atoms with Crippen LogP contribution in [-0.4, -0.2) is 61.9 Å². The van der Waals surface area contributed by atoms with Crippen LogP contribution in [0.25, 0.3) is 0 Å². The van der Waals surface area contributed by atoms with E-state index in [-0.39, 0.29) is 54.1 Å². The summed E-state index contributed by atoms with van der Waals surface area (Å²) in [6.07, 6.45) is 3.99. The Morgan fingerprint density at radius 1 is 0.345 bits per heavy atom. The van der Waals surface area contributed by atoms with E-state index in [1.807, 2.05) is 0 Å². The van der Waals surface area contributed by atoms with Crippen LogP contribution in [0.2, 0.25) is 0 Å². The predicted octanol–water partition coefficient (Wildman–Crippen LogP) is 7.46. The molecule has 0 radical (unpaired) electrons. The van der Waals surface area contributed by atoms with Gasteiger partial charge in [-0.1, -0.05) is 0 Å². The highest BCUT2D eigenvalue weighted by Gasteiger charge is 2.20. The van der Waals surface area contributed by atoms with E-state index in [4.69, 9.17) is 18.9 Å². The molecule has 0 aliphatic carbocycles. The van der Waals surface area contributed by atoms with Crippen LogP contribution in [0.3, 0.4) is 0 Å². The lowest BCUT2D eigenvalue weighted by molar-refractivity contribution is 0.247. The summed E-state index contributed by atoms with van der Waals surface area (Å²) >= 11 is 0. The molecule has 0 aromatic heterocycles. The molecule has 15 heteroatoms. The first-order valence-electron chi connectivity index (χ1n) is 17.7. The molecule has 0 saturated heterocycles. The second-order valence-corrected chi connectivity index (χ2v) is 18.4. The lowest BCUT2D eigenvalue weighted by Gasteiger charge is -2.10. The molecule has 6 aromatic rings. The van der Waals surface area contributed by atoms with Crippen molar-refractivity contribution in [2.45, 2.75) is 35.8 Å². The third-order valence-corrected chi connectivity index (χ3v) is 13.9. The molecule has 6 aromatic carbocycles. The fourth-order valence-electron chi connectivity index (χ4n) is 5.38. The zero-order valence-electron chi connectivity index (χ0n) is 30.7. The summed E-state index contributed by atoms with van der Waals surface area (Å²) in [6.45, 7) is 1.02. The maximum atomic E-state index is 13.2. The molecule has 58 heavy (non-hydrogen) atoms. The van der Waals surface area contributed by atoms with Crippen LogP contribution < -0.4 is 18.9 Å². The van der Waals surface area contributed by atoms with Crippen LogP contribution in [0, 0.1) is 0 Å². The summed E-state index contributed by atoms with van der Waals surface area (Å²) in [4.78, 5) is 0.543. The second-order valence-electron chi connectivity index (χ2n) is 12.5. The first kappa shape index (κ1) is 41.3. The molecule has 6 rings (SSSR count). The number of phenols is 2. The summed E-state index contributed by atoms with van der Waals surface area (Å²) in [5, 5.41) is 18.8. The minimum absolute atomic E-state index is 0.0233. The predicted molar refractivity (Wildman–Crippen MR) is 214 cm³/mol. The SMILES string of the molecule is O=S(=O)(c1ccc(O)cc1)c1ccc(OCC=CCOc2ccc(S(=O)(=O)c3ccc(OCCCOc4ccc(S(=O)(=O)c5ccc(O)cc5)cc4)cc3)cc2)cc1. The third-order valence-electron chi connectivity index (χ3n) is 8.52. The van der Waals surface area contributed by atoms with E-state index in [9.17, 15) is 35.5 Å². The van der Waals surface area contributed by atoms with Gasteiger partial charge in [0.15, 0.2) is 0 Å². The summed E-state index contributed by atoms with van der Waals surface area (Å²) in [6, 6.07) is 34.8. The normalized spacial score (nSPS) is 11.9. The molecule has 0 aliphatic heterocycles. The Balaban J connectivity index is 0.894. The van der Waals surface area contributed by atoms with E-state index in [0.717, 1.165) is 0 Å². The standard InChI is InChI=1S/C43H38O12S3/c44-32-4-16-38(17-5-32)56(46,47)40-20-8-34(9-21-40)52-28-1-2-29-53-35-10-22-42(23-11-35)58(50,51)43-26-14-37(15-27-43)55-31-3-30-54-36-12-24-41(25-13-36)57(48,49)39-18-6-33(45)7-19-39/h1-2,4-27,44-45H,3,28-31H2. The summed E-state index contributed by atoms with van der Waals surface area (Å²) in [5.74, 6) is 1.88. The van der Waals surface area contributed by atoms with Crippen molar-refractivity contribution in [1.29, 1.82) is 0 Å². The molecule has 0 amide bonds. The van der Waals surface area contributed by atoms with Gasteiger partial charge >= 0.3 is 0 Å². The number of phenolic OH excluding ortho intramolecular Hbond substituents is 2. The van der Waals surface area contributed by atoms with Gasteiger partial charge in [0.05, 0.1) is 42.6 Å². The van der Waals surface area contributed by atoms with Crippen LogP contribution in [0.5, 0.6) is 34.5 Å². The van der Waals surface area contributed by atoms with Crippen LogP contribution in [0.4, 0.5) is 0 Å². The molecule has 0 heterocycles. The monoisotopic (exact) mass is 842 g/mol. The summed E-state index contributed by atoms with van der Waals surface area (Å²) in [7, 11) is -11.3. The Hall–Kier alpha value is -6.29. The van der Waals surface area contributed by atoms with Crippen LogP contribution in [-0.2, 0) is 29.5 Å². The fraction of sp³-hybridized carbons (Fsp3) is 0.116. The molecule has 2 N–H and O–H groups in total. The highest BCUT2D eigenvalue weighted by molar-refractivity contribution is 7.92. The van der Waals surface area contributed by atoms with E-state index in [1.54, 1.807) is 60.7 Å². The molecule has 0 saturated carbocycles. The first-order valence-corrected chi connectivity index (χ1v) is 22.2. The smallest absolute Gasteiger partial charge is 0.206 e. The van der Waals surface area contributed by atoms with Crippen molar-refractivity contribution in [1.82, 2.24) is 0 Å². The van der Waals surface area contributed by atoms with Crippen molar-refractivity contribution in [2.75, 3.05) is 26.4 Å². The van der Waals surface area contributed by atoms with Gasteiger partial charge in [0.2, 0.25) is 29.5 Å².